The van der Waals surface area contributed by atoms with E-state index in [0.717, 1.165) is 23.4 Å². The molecule has 0 heterocycles. The zero-order valence-electron chi connectivity index (χ0n) is 14.6. The van der Waals surface area contributed by atoms with Gasteiger partial charge in [0.15, 0.2) is 5.96 Å². The number of benzene rings is 2. The first-order valence-electron chi connectivity index (χ1n) is 8.19. The Bertz CT molecular complexity index is 679. The van der Waals surface area contributed by atoms with Crippen LogP contribution in [-0.4, -0.2) is 19.1 Å². The van der Waals surface area contributed by atoms with Crippen LogP contribution in [0.5, 0.6) is 5.75 Å². The molecule has 0 saturated heterocycles. The Morgan fingerprint density at radius 2 is 1.80 bits per heavy atom. The molecular formula is C19H25FIN3O. The average molecular weight is 457 g/mol. The minimum atomic E-state index is -0.242. The average Bonchev–Trinajstić information content (AvgIpc) is 2.58. The van der Waals surface area contributed by atoms with Gasteiger partial charge in [0.25, 0.3) is 0 Å². The molecule has 0 spiro atoms. The van der Waals surface area contributed by atoms with Gasteiger partial charge in [0, 0.05) is 13.1 Å². The summed E-state index contributed by atoms with van der Waals surface area (Å²) in [6.45, 7) is 6.44. The van der Waals surface area contributed by atoms with Gasteiger partial charge in [-0.25, -0.2) is 9.38 Å². The van der Waals surface area contributed by atoms with Crippen molar-refractivity contribution in [3.05, 3.63) is 65.5 Å². The van der Waals surface area contributed by atoms with E-state index in [4.69, 9.17) is 4.74 Å². The number of guanidine groups is 1. The molecule has 136 valence electrons. The van der Waals surface area contributed by atoms with Crippen LogP contribution in [0.15, 0.2) is 53.5 Å². The number of hydrogen-bond acceptors (Lipinski definition) is 2. The minimum absolute atomic E-state index is 0. The van der Waals surface area contributed by atoms with Crippen LogP contribution in [0.2, 0.25) is 0 Å². The fourth-order valence-electron chi connectivity index (χ4n) is 2.25. The molecule has 2 rings (SSSR count). The van der Waals surface area contributed by atoms with Crippen molar-refractivity contribution in [3.8, 4) is 5.75 Å². The van der Waals surface area contributed by atoms with Gasteiger partial charge in [0.05, 0.1) is 13.2 Å². The zero-order chi connectivity index (χ0) is 17.2. The first-order valence-corrected chi connectivity index (χ1v) is 8.19. The van der Waals surface area contributed by atoms with Crippen LogP contribution >= 0.6 is 24.0 Å². The van der Waals surface area contributed by atoms with E-state index in [0.29, 0.717) is 25.7 Å². The van der Waals surface area contributed by atoms with Crippen LogP contribution in [0.25, 0.3) is 0 Å². The topological polar surface area (TPSA) is 45.7 Å². The van der Waals surface area contributed by atoms with Crippen molar-refractivity contribution >= 4 is 29.9 Å². The van der Waals surface area contributed by atoms with Crippen molar-refractivity contribution in [1.82, 2.24) is 10.6 Å². The van der Waals surface area contributed by atoms with Gasteiger partial charge in [-0.15, -0.1) is 24.0 Å². The first kappa shape index (κ1) is 21.2. The summed E-state index contributed by atoms with van der Waals surface area (Å²) in [5, 5.41) is 6.47. The van der Waals surface area contributed by atoms with E-state index in [-0.39, 0.29) is 29.8 Å². The van der Waals surface area contributed by atoms with E-state index in [1.807, 2.05) is 44.2 Å². The lowest BCUT2D eigenvalue weighted by molar-refractivity contribution is 0.340. The van der Waals surface area contributed by atoms with Gasteiger partial charge < -0.3 is 15.4 Å². The van der Waals surface area contributed by atoms with Gasteiger partial charge in [-0.3, -0.25) is 0 Å². The van der Waals surface area contributed by atoms with Crippen LogP contribution < -0.4 is 15.4 Å². The minimum Gasteiger partial charge on any atom is -0.494 e. The summed E-state index contributed by atoms with van der Waals surface area (Å²) in [5.74, 6) is 1.32. The SMILES string of the molecule is CCNC(=NCc1cccc(F)c1)NCc1cccc(OCC)c1.I. The molecule has 0 aliphatic carbocycles. The molecule has 2 aromatic rings. The summed E-state index contributed by atoms with van der Waals surface area (Å²) in [4.78, 5) is 4.50. The Hall–Kier alpha value is -1.83. The second kappa shape index (κ2) is 11.7. The standard InChI is InChI=1S/C19H24FN3O.HI/c1-3-21-19(22-13-15-7-5-9-17(20)11-15)23-14-16-8-6-10-18(12-16)24-4-2;/h5-12H,3-4,13-14H2,1-2H3,(H2,21,22,23);1H. The van der Waals surface area contributed by atoms with Gasteiger partial charge in [0.2, 0.25) is 0 Å². The molecule has 4 nitrogen and oxygen atoms in total. The van der Waals surface area contributed by atoms with Crippen LogP contribution in [0, 0.1) is 5.82 Å². The van der Waals surface area contributed by atoms with E-state index in [9.17, 15) is 4.39 Å². The summed E-state index contributed by atoms with van der Waals surface area (Å²) in [5.41, 5.74) is 1.95. The summed E-state index contributed by atoms with van der Waals surface area (Å²) in [6, 6.07) is 14.4. The Labute approximate surface area is 165 Å². The van der Waals surface area contributed by atoms with E-state index in [2.05, 4.69) is 15.6 Å². The molecule has 0 radical (unpaired) electrons. The molecule has 0 fully saturated rings. The van der Waals surface area contributed by atoms with Crippen molar-refractivity contribution < 1.29 is 9.13 Å². The number of aliphatic imine (C=N–C) groups is 1. The van der Waals surface area contributed by atoms with Crippen LogP contribution in [0.3, 0.4) is 0 Å². The molecule has 0 unspecified atom stereocenters. The summed E-state index contributed by atoms with van der Waals surface area (Å²) in [6.07, 6.45) is 0. The summed E-state index contributed by atoms with van der Waals surface area (Å²) >= 11 is 0. The summed E-state index contributed by atoms with van der Waals surface area (Å²) < 4.78 is 18.7. The number of halogens is 2. The zero-order valence-corrected chi connectivity index (χ0v) is 16.9. The van der Waals surface area contributed by atoms with Gasteiger partial charge in [-0.2, -0.15) is 0 Å². The van der Waals surface area contributed by atoms with Gasteiger partial charge in [0.1, 0.15) is 11.6 Å². The third kappa shape index (κ3) is 7.72. The molecule has 2 aromatic carbocycles. The van der Waals surface area contributed by atoms with Crippen molar-refractivity contribution in [3.63, 3.8) is 0 Å². The number of ether oxygens (including phenoxy) is 1. The maximum absolute atomic E-state index is 13.2. The number of rotatable bonds is 7. The van der Waals surface area contributed by atoms with Gasteiger partial charge in [-0.05, 0) is 49.2 Å². The first-order chi connectivity index (χ1) is 11.7. The predicted molar refractivity (Wildman–Crippen MR) is 111 cm³/mol. The summed E-state index contributed by atoms with van der Waals surface area (Å²) in [7, 11) is 0. The monoisotopic (exact) mass is 457 g/mol. The fraction of sp³-hybridized carbons (Fsp3) is 0.316. The molecule has 0 aliphatic heterocycles. The van der Waals surface area contributed by atoms with Crippen LogP contribution in [-0.2, 0) is 13.1 Å². The fourth-order valence-corrected chi connectivity index (χ4v) is 2.25. The number of nitrogens with zero attached hydrogens (tertiary/aromatic N) is 1. The van der Waals surface area contributed by atoms with Gasteiger partial charge >= 0.3 is 0 Å². The molecule has 0 aromatic heterocycles. The Kier molecular flexibility index (Phi) is 9.91. The molecule has 0 amide bonds. The maximum Gasteiger partial charge on any atom is 0.191 e. The molecule has 0 atom stereocenters. The highest BCUT2D eigenvalue weighted by atomic mass is 127. The largest absolute Gasteiger partial charge is 0.494 e. The van der Waals surface area contributed by atoms with Crippen molar-refractivity contribution in [2.75, 3.05) is 13.2 Å². The number of hydrogen-bond donors (Lipinski definition) is 2. The van der Waals surface area contributed by atoms with Crippen molar-refractivity contribution in [1.29, 1.82) is 0 Å². The molecule has 0 saturated carbocycles. The number of nitrogens with one attached hydrogen (secondary N) is 2. The Balaban J connectivity index is 0.00000312. The quantitative estimate of drug-likeness (QED) is 0.374. The van der Waals surface area contributed by atoms with E-state index >= 15 is 0 Å². The molecule has 25 heavy (non-hydrogen) atoms. The lowest BCUT2D eigenvalue weighted by Crippen LogP contribution is -2.36. The molecular weight excluding hydrogens is 432 g/mol. The van der Waals surface area contributed by atoms with Crippen molar-refractivity contribution in [2.45, 2.75) is 26.9 Å². The van der Waals surface area contributed by atoms with Gasteiger partial charge in [-0.1, -0.05) is 24.3 Å². The van der Waals surface area contributed by atoms with Crippen LogP contribution in [0.1, 0.15) is 25.0 Å². The second-order valence-electron chi connectivity index (χ2n) is 5.26. The van der Waals surface area contributed by atoms with Crippen LogP contribution in [0.4, 0.5) is 4.39 Å². The molecule has 0 aliphatic rings. The highest BCUT2D eigenvalue weighted by Gasteiger charge is 2.01. The van der Waals surface area contributed by atoms with E-state index < -0.39 is 0 Å². The second-order valence-corrected chi connectivity index (χ2v) is 5.26. The Morgan fingerprint density at radius 1 is 1.04 bits per heavy atom. The predicted octanol–water partition coefficient (Wildman–Crippen LogP) is 4.10. The molecule has 0 bridgehead atoms. The van der Waals surface area contributed by atoms with Crippen molar-refractivity contribution in [2.24, 2.45) is 4.99 Å². The molecule has 6 heteroatoms. The lowest BCUT2D eigenvalue weighted by Gasteiger charge is -2.12. The maximum atomic E-state index is 13.2. The lowest BCUT2D eigenvalue weighted by atomic mass is 10.2. The highest BCUT2D eigenvalue weighted by Crippen LogP contribution is 2.13. The van der Waals surface area contributed by atoms with E-state index in [1.165, 1.54) is 12.1 Å². The highest BCUT2D eigenvalue weighted by molar-refractivity contribution is 14.0. The van der Waals surface area contributed by atoms with E-state index in [1.54, 1.807) is 6.07 Å². The Morgan fingerprint density at radius 3 is 2.52 bits per heavy atom. The smallest absolute Gasteiger partial charge is 0.191 e. The normalized spacial score (nSPS) is 10.8. The third-order valence-electron chi connectivity index (χ3n) is 3.32. The third-order valence-corrected chi connectivity index (χ3v) is 3.32. The molecule has 2 N–H and O–H groups in total.